The molecule has 0 saturated heterocycles. The third kappa shape index (κ3) is 5.48. The van der Waals surface area contributed by atoms with Crippen molar-refractivity contribution in [1.82, 2.24) is 15.0 Å². The van der Waals surface area contributed by atoms with Crippen molar-refractivity contribution in [3.8, 4) is 0 Å². The van der Waals surface area contributed by atoms with Gasteiger partial charge in [0.05, 0.1) is 0 Å². The van der Waals surface area contributed by atoms with Crippen molar-refractivity contribution >= 4 is 11.8 Å². The van der Waals surface area contributed by atoms with Crippen molar-refractivity contribution in [2.24, 2.45) is 0 Å². The molecule has 6 heteroatoms. The first-order valence-corrected chi connectivity index (χ1v) is 9.05. The van der Waals surface area contributed by atoms with Gasteiger partial charge in [-0.25, -0.2) is 9.37 Å². The van der Waals surface area contributed by atoms with Gasteiger partial charge in [-0.15, -0.1) is 0 Å². The lowest BCUT2D eigenvalue weighted by Gasteiger charge is -2.19. The first kappa shape index (κ1) is 18.8. The van der Waals surface area contributed by atoms with E-state index in [2.05, 4.69) is 25.2 Å². The number of benzene rings is 1. The molecule has 2 heterocycles. The van der Waals surface area contributed by atoms with E-state index in [1.807, 2.05) is 50.6 Å². The van der Waals surface area contributed by atoms with Crippen molar-refractivity contribution in [1.29, 1.82) is 0 Å². The van der Waals surface area contributed by atoms with Gasteiger partial charge >= 0.3 is 0 Å². The fourth-order valence-electron chi connectivity index (χ4n) is 2.80. The van der Waals surface area contributed by atoms with E-state index >= 15 is 0 Å². The highest BCUT2D eigenvalue weighted by Crippen LogP contribution is 2.15. The molecule has 0 aliphatic rings. The first-order chi connectivity index (χ1) is 13.1. The highest BCUT2D eigenvalue weighted by molar-refractivity contribution is 5.44. The Kier molecular flexibility index (Phi) is 6.30. The van der Waals surface area contributed by atoms with E-state index in [1.54, 1.807) is 12.1 Å². The van der Waals surface area contributed by atoms with E-state index in [4.69, 9.17) is 0 Å². The molecule has 27 heavy (non-hydrogen) atoms. The number of hydrogen-bond donors (Lipinski definition) is 1. The summed E-state index contributed by atoms with van der Waals surface area (Å²) in [6.45, 7) is 3.36. The van der Waals surface area contributed by atoms with Crippen molar-refractivity contribution in [3.05, 3.63) is 77.5 Å². The summed E-state index contributed by atoms with van der Waals surface area (Å²) in [5.41, 5.74) is 2.82. The molecular weight excluding hydrogens is 341 g/mol. The lowest BCUT2D eigenvalue weighted by molar-refractivity contribution is 0.610. The molecule has 0 bridgehead atoms. The minimum atomic E-state index is -0.180. The van der Waals surface area contributed by atoms with Crippen LogP contribution in [-0.2, 0) is 12.8 Å². The molecule has 3 aromatic rings. The van der Waals surface area contributed by atoms with E-state index in [1.165, 1.54) is 11.6 Å². The smallest absolute Gasteiger partial charge is 0.224 e. The van der Waals surface area contributed by atoms with Gasteiger partial charge in [-0.1, -0.05) is 18.2 Å². The highest BCUT2D eigenvalue weighted by atomic mass is 19.1. The number of likely N-dealkylation sites (N-methyl/N-ethyl adjacent to an activating group) is 1. The molecule has 0 saturated carbocycles. The number of rotatable bonds is 8. The molecule has 140 valence electrons. The second kappa shape index (κ2) is 9.07. The van der Waals surface area contributed by atoms with Crippen LogP contribution in [-0.4, -0.2) is 35.1 Å². The second-order valence-electron chi connectivity index (χ2n) is 6.49. The number of nitrogens with zero attached hydrogens (tertiary/aromatic N) is 4. The van der Waals surface area contributed by atoms with E-state index in [9.17, 15) is 4.39 Å². The van der Waals surface area contributed by atoms with Gasteiger partial charge in [-0.05, 0) is 49.1 Å². The van der Waals surface area contributed by atoms with Gasteiger partial charge in [0.2, 0.25) is 5.95 Å². The maximum atomic E-state index is 13.7. The molecule has 3 rings (SSSR count). The van der Waals surface area contributed by atoms with Crippen LogP contribution in [0.4, 0.5) is 16.2 Å². The number of aromatic nitrogens is 3. The molecule has 5 nitrogen and oxygen atoms in total. The summed E-state index contributed by atoms with van der Waals surface area (Å²) in [7, 11) is 2.02. The van der Waals surface area contributed by atoms with Crippen LogP contribution in [0.5, 0.6) is 0 Å². The zero-order chi connectivity index (χ0) is 19.1. The van der Waals surface area contributed by atoms with Crippen molar-refractivity contribution in [2.75, 3.05) is 30.4 Å². The zero-order valence-electron chi connectivity index (χ0n) is 15.7. The third-order valence-electron chi connectivity index (χ3n) is 4.35. The molecule has 0 aliphatic heterocycles. The van der Waals surface area contributed by atoms with Crippen LogP contribution in [0, 0.1) is 12.7 Å². The molecule has 1 N–H and O–H groups in total. The Bertz CT molecular complexity index is 869. The summed E-state index contributed by atoms with van der Waals surface area (Å²) in [6, 6.07) is 12.8. The lowest BCUT2D eigenvalue weighted by Crippen LogP contribution is -2.22. The molecular formula is C21H24FN5. The van der Waals surface area contributed by atoms with Gasteiger partial charge in [0.15, 0.2) is 0 Å². The molecule has 0 unspecified atom stereocenters. The van der Waals surface area contributed by atoms with E-state index in [-0.39, 0.29) is 5.82 Å². The Balaban J connectivity index is 1.59. The fraction of sp³-hybridized carbons (Fsp3) is 0.286. The van der Waals surface area contributed by atoms with Crippen molar-refractivity contribution in [2.45, 2.75) is 19.8 Å². The molecule has 0 fully saturated rings. The fourth-order valence-corrected chi connectivity index (χ4v) is 2.80. The number of pyridine rings is 1. The molecule has 0 atom stereocenters. The second-order valence-corrected chi connectivity index (χ2v) is 6.49. The molecule has 0 spiro atoms. The predicted molar refractivity (Wildman–Crippen MR) is 107 cm³/mol. The largest absolute Gasteiger partial charge is 0.359 e. The molecule has 1 aromatic carbocycles. The van der Waals surface area contributed by atoms with Crippen molar-refractivity contribution in [3.63, 3.8) is 0 Å². The number of halogens is 1. The average molecular weight is 365 g/mol. The molecule has 0 amide bonds. The summed E-state index contributed by atoms with van der Waals surface area (Å²) in [4.78, 5) is 15.2. The van der Waals surface area contributed by atoms with Crippen LogP contribution < -0.4 is 10.2 Å². The van der Waals surface area contributed by atoms with E-state index < -0.39 is 0 Å². The SMILES string of the molecule is Cc1cc(N(C)CCc2ccncc2)nc(NCCc2ccccc2F)n1. The van der Waals surface area contributed by atoms with Crippen LogP contribution in [0.2, 0.25) is 0 Å². The van der Waals surface area contributed by atoms with Gasteiger partial charge in [0, 0.05) is 44.3 Å². The van der Waals surface area contributed by atoms with Crippen LogP contribution in [0.1, 0.15) is 16.8 Å². The summed E-state index contributed by atoms with van der Waals surface area (Å²) in [5, 5.41) is 3.21. The molecule has 0 radical (unpaired) electrons. The van der Waals surface area contributed by atoms with Crippen LogP contribution in [0.15, 0.2) is 54.9 Å². The third-order valence-corrected chi connectivity index (χ3v) is 4.35. The number of anilines is 2. The number of nitrogens with one attached hydrogen (secondary N) is 1. The Morgan fingerprint density at radius 1 is 1.04 bits per heavy atom. The Morgan fingerprint density at radius 2 is 1.81 bits per heavy atom. The maximum Gasteiger partial charge on any atom is 0.224 e. The monoisotopic (exact) mass is 365 g/mol. The van der Waals surface area contributed by atoms with Crippen LogP contribution >= 0.6 is 0 Å². The van der Waals surface area contributed by atoms with E-state index in [0.29, 0.717) is 24.5 Å². The van der Waals surface area contributed by atoms with Crippen LogP contribution in [0.25, 0.3) is 0 Å². The normalized spacial score (nSPS) is 10.6. The van der Waals surface area contributed by atoms with Gasteiger partial charge in [-0.2, -0.15) is 4.98 Å². The summed E-state index contributed by atoms with van der Waals surface area (Å²) < 4.78 is 13.7. The van der Waals surface area contributed by atoms with Gasteiger partial charge in [-0.3, -0.25) is 4.98 Å². The Labute approximate surface area is 159 Å². The highest BCUT2D eigenvalue weighted by Gasteiger charge is 2.08. The standard InChI is InChI=1S/C21H24FN5/c1-16-15-20(27(2)14-10-17-7-11-23-12-8-17)26-21(25-16)24-13-9-18-5-3-4-6-19(18)22/h3-8,11-12,15H,9-10,13-14H2,1-2H3,(H,24,25,26). The van der Waals surface area contributed by atoms with Crippen LogP contribution in [0.3, 0.4) is 0 Å². The minimum absolute atomic E-state index is 0.180. The van der Waals surface area contributed by atoms with Gasteiger partial charge in [0.1, 0.15) is 11.6 Å². The topological polar surface area (TPSA) is 53.9 Å². The van der Waals surface area contributed by atoms with Crippen molar-refractivity contribution < 1.29 is 4.39 Å². The lowest BCUT2D eigenvalue weighted by atomic mass is 10.1. The summed E-state index contributed by atoms with van der Waals surface area (Å²) in [6.07, 6.45) is 5.11. The average Bonchev–Trinajstić information content (AvgIpc) is 2.68. The Hall–Kier alpha value is -3.02. The summed E-state index contributed by atoms with van der Waals surface area (Å²) in [5.74, 6) is 1.25. The maximum absolute atomic E-state index is 13.7. The zero-order valence-corrected chi connectivity index (χ0v) is 15.7. The quantitative estimate of drug-likeness (QED) is 0.660. The Morgan fingerprint density at radius 3 is 2.59 bits per heavy atom. The number of aryl methyl sites for hydroxylation is 1. The van der Waals surface area contributed by atoms with Gasteiger partial charge < -0.3 is 10.2 Å². The molecule has 0 aliphatic carbocycles. The minimum Gasteiger partial charge on any atom is -0.359 e. The van der Waals surface area contributed by atoms with Gasteiger partial charge in [0.25, 0.3) is 0 Å². The van der Waals surface area contributed by atoms with E-state index in [0.717, 1.165) is 24.5 Å². The predicted octanol–water partition coefficient (Wildman–Crippen LogP) is 3.65. The number of hydrogen-bond acceptors (Lipinski definition) is 5. The summed E-state index contributed by atoms with van der Waals surface area (Å²) >= 11 is 0. The molecule has 2 aromatic heterocycles. The first-order valence-electron chi connectivity index (χ1n) is 9.05.